The third-order valence-electron chi connectivity index (χ3n) is 3.02. The maximum Gasteiger partial charge on any atom is 0.131 e. The second-order valence-corrected chi connectivity index (χ2v) is 4.83. The Morgan fingerprint density at radius 3 is 2.56 bits per heavy atom. The average Bonchev–Trinajstić information content (AvgIpc) is 2.37. The van der Waals surface area contributed by atoms with E-state index in [2.05, 4.69) is 35.6 Å². The van der Waals surface area contributed by atoms with E-state index in [1.165, 1.54) is 0 Å². The first-order valence-electron chi connectivity index (χ1n) is 6.28. The molecule has 0 aliphatic carbocycles. The average molecular weight is 252 g/mol. The number of methoxy groups -OCH3 is 1. The van der Waals surface area contributed by atoms with Gasteiger partial charge in [-0.3, -0.25) is 0 Å². The van der Waals surface area contributed by atoms with E-state index < -0.39 is 0 Å². The molecule has 0 bridgehead atoms. The Hall–Kier alpha value is -1.20. The van der Waals surface area contributed by atoms with Crippen molar-refractivity contribution >= 4 is 5.69 Å². The van der Waals surface area contributed by atoms with E-state index in [0.29, 0.717) is 19.1 Å². The molecule has 102 valence electrons. The molecule has 0 saturated carbocycles. The standard InChI is InChI=1S/C13H24N4O/c1-9(2)13-15-7-12(11(6-14)16-13)17(4)10(3)8-18-5/h7,9-10H,6,8,14H2,1-5H3. The summed E-state index contributed by atoms with van der Waals surface area (Å²) in [6.45, 7) is 7.33. The Kier molecular flexibility index (Phi) is 5.50. The molecule has 0 aromatic carbocycles. The van der Waals surface area contributed by atoms with Gasteiger partial charge in [0.2, 0.25) is 0 Å². The highest BCUT2D eigenvalue weighted by Gasteiger charge is 2.16. The van der Waals surface area contributed by atoms with Gasteiger partial charge in [0.15, 0.2) is 0 Å². The topological polar surface area (TPSA) is 64.3 Å². The quantitative estimate of drug-likeness (QED) is 0.831. The summed E-state index contributed by atoms with van der Waals surface area (Å²) in [7, 11) is 3.71. The van der Waals surface area contributed by atoms with Crippen LogP contribution in [0, 0.1) is 0 Å². The second kappa shape index (κ2) is 6.66. The van der Waals surface area contributed by atoms with E-state index >= 15 is 0 Å². The van der Waals surface area contributed by atoms with Gasteiger partial charge in [0.05, 0.1) is 24.2 Å². The van der Waals surface area contributed by atoms with Crippen molar-refractivity contribution in [2.75, 3.05) is 25.7 Å². The van der Waals surface area contributed by atoms with Crippen LogP contribution in [0.15, 0.2) is 6.20 Å². The van der Waals surface area contributed by atoms with Crippen molar-refractivity contribution in [1.29, 1.82) is 0 Å². The molecule has 0 radical (unpaired) electrons. The molecular formula is C13H24N4O. The molecule has 5 nitrogen and oxygen atoms in total. The summed E-state index contributed by atoms with van der Waals surface area (Å²) in [5.41, 5.74) is 7.65. The summed E-state index contributed by atoms with van der Waals surface area (Å²) in [4.78, 5) is 11.0. The Morgan fingerprint density at radius 2 is 2.06 bits per heavy atom. The molecule has 0 fully saturated rings. The Morgan fingerprint density at radius 1 is 1.39 bits per heavy atom. The number of likely N-dealkylation sites (N-methyl/N-ethyl adjacent to an activating group) is 1. The van der Waals surface area contributed by atoms with Crippen molar-refractivity contribution in [2.45, 2.75) is 39.3 Å². The fraction of sp³-hybridized carbons (Fsp3) is 0.692. The van der Waals surface area contributed by atoms with Gasteiger partial charge in [-0.2, -0.15) is 0 Å². The third kappa shape index (κ3) is 3.40. The molecule has 1 heterocycles. The number of ether oxygens (including phenoxy) is 1. The van der Waals surface area contributed by atoms with Gasteiger partial charge < -0.3 is 15.4 Å². The van der Waals surface area contributed by atoms with Gasteiger partial charge >= 0.3 is 0 Å². The maximum absolute atomic E-state index is 5.78. The van der Waals surface area contributed by atoms with Gasteiger partial charge in [-0.1, -0.05) is 13.8 Å². The number of nitrogens with zero attached hydrogens (tertiary/aromatic N) is 3. The van der Waals surface area contributed by atoms with Crippen LogP contribution < -0.4 is 10.6 Å². The van der Waals surface area contributed by atoms with Crippen LogP contribution >= 0.6 is 0 Å². The highest BCUT2D eigenvalue weighted by molar-refractivity contribution is 5.49. The van der Waals surface area contributed by atoms with E-state index in [9.17, 15) is 0 Å². The zero-order valence-corrected chi connectivity index (χ0v) is 12.0. The SMILES string of the molecule is COCC(C)N(C)c1cnc(C(C)C)nc1CN. The van der Waals surface area contributed by atoms with Crippen LogP contribution in [0.1, 0.15) is 38.2 Å². The molecule has 5 heteroatoms. The van der Waals surface area contributed by atoms with Crippen molar-refractivity contribution in [3.8, 4) is 0 Å². The zero-order valence-electron chi connectivity index (χ0n) is 12.0. The van der Waals surface area contributed by atoms with Crippen LogP contribution in [-0.4, -0.2) is 36.8 Å². The molecule has 1 atom stereocenters. The summed E-state index contributed by atoms with van der Waals surface area (Å²) < 4.78 is 5.17. The van der Waals surface area contributed by atoms with Gasteiger partial charge in [-0.15, -0.1) is 0 Å². The van der Waals surface area contributed by atoms with Gasteiger partial charge in [0, 0.05) is 32.7 Å². The summed E-state index contributed by atoms with van der Waals surface area (Å²) in [6, 6.07) is 0.258. The van der Waals surface area contributed by atoms with Gasteiger partial charge in [0.25, 0.3) is 0 Å². The van der Waals surface area contributed by atoms with Crippen LogP contribution in [-0.2, 0) is 11.3 Å². The first kappa shape index (κ1) is 14.9. The minimum atomic E-state index is 0.258. The lowest BCUT2D eigenvalue weighted by molar-refractivity contribution is 0.183. The molecule has 1 aromatic heterocycles. The summed E-state index contributed by atoms with van der Waals surface area (Å²) in [5.74, 6) is 1.15. The van der Waals surface area contributed by atoms with E-state index in [-0.39, 0.29) is 6.04 Å². The zero-order chi connectivity index (χ0) is 13.7. The number of aromatic nitrogens is 2. The predicted octanol–water partition coefficient (Wildman–Crippen LogP) is 1.53. The van der Waals surface area contributed by atoms with E-state index in [0.717, 1.165) is 17.2 Å². The molecule has 0 amide bonds. The number of rotatable bonds is 6. The molecular weight excluding hydrogens is 228 g/mol. The minimum absolute atomic E-state index is 0.258. The van der Waals surface area contributed by atoms with Gasteiger partial charge in [-0.05, 0) is 6.92 Å². The van der Waals surface area contributed by atoms with Crippen LogP contribution in [0.2, 0.25) is 0 Å². The first-order valence-corrected chi connectivity index (χ1v) is 6.28. The van der Waals surface area contributed by atoms with Crippen LogP contribution in [0.25, 0.3) is 0 Å². The number of anilines is 1. The number of hydrogen-bond donors (Lipinski definition) is 1. The molecule has 0 aliphatic heterocycles. The van der Waals surface area contributed by atoms with Crippen molar-refractivity contribution in [1.82, 2.24) is 9.97 Å². The molecule has 2 N–H and O–H groups in total. The largest absolute Gasteiger partial charge is 0.383 e. The normalized spacial score (nSPS) is 12.8. The van der Waals surface area contributed by atoms with Crippen LogP contribution in [0.3, 0.4) is 0 Å². The predicted molar refractivity (Wildman–Crippen MR) is 73.8 cm³/mol. The van der Waals surface area contributed by atoms with Crippen molar-refractivity contribution in [3.63, 3.8) is 0 Å². The van der Waals surface area contributed by atoms with E-state index in [1.807, 2.05) is 13.2 Å². The third-order valence-corrected chi connectivity index (χ3v) is 3.02. The molecule has 0 aliphatic rings. The first-order chi connectivity index (χ1) is 8.51. The second-order valence-electron chi connectivity index (χ2n) is 4.83. The highest BCUT2D eigenvalue weighted by Crippen LogP contribution is 2.20. The van der Waals surface area contributed by atoms with Gasteiger partial charge in [0.1, 0.15) is 5.82 Å². The maximum atomic E-state index is 5.78. The van der Waals surface area contributed by atoms with E-state index in [1.54, 1.807) is 7.11 Å². The van der Waals surface area contributed by atoms with E-state index in [4.69, 9.17) is 10.5 Å². The summed E-state index contributed by atoms with van der Waals surface area (Å²) >= 11 is 0. The molecule has 0 spiro atoms. The molecule has 1 unspecified atom stereocenters. The van der Waals surface area contributed by atoms with Crippen LogP contribution in [0.4, 0.5) is 5.69 Å². The minimum Gasteiger partial charge on any atom is -0.383 e. The number of nitrogens with two attached hydrogens (primary N) is 1. The van der Waals surface area contributed by atoms with Crippen molar-refractivity contribution in [2.24, 2.45) is 5.73 Å². The molecule has 0 saturated heterocycles. The lowest BCUT2D eigenvalue weighted by Crippen LogP contribution is -2.34. The Balaban J connectivity index is 3.01. The summed E-state index contributed by atoms with van der Waals surface area (Å²) in [5, 5.41) is 0. The fourth-order valence-corrected chi connectivity index (χ4v) is 1.74. The lowest BCUT2D eigenvalue weighted by atomic mass is 10.2. The van der Waals surface area contributed by atoms with Crippen molar-refractivity contribution < 1.29 is 4.74 Å². The lowest BCUT2D eigenvalue weighted by Gasteiger charge is -2.27. The monoisotopic (exact) mass is 252 g/mol. The van der Waals surface area contributed by atoms with Crippen molar-refractivity contribution in [3.05, 3.63) is 17.7 Å². The Labute approximate surface area is 109 Å². The molecule has 18 heavy (non-hydrogen) atoms. The van der Waals surface area contributed by atoms with Crippen LogP contribution in [0.5, 0.6) is 0 Å². The van der Waals surface area contributed by atoms with Gasteiger partial charge in [-0.25, -0.2) is 9.97 Å². The Bertz CT molecular complexity index is 381. The smallest absolute Gasteiger partial charge is 0.131 e. The summed E-state index contributed by atoms with van der Waals surface area (Å²) in [6.07, 6.45) is 1.86. The molecule has 1 rings (SSSR count). The number of hydrogen-bond acceptors (Lipinski definition) is 5. The highest BCUT2D eigenvalue weighted by atomic mass is 16.5. The molecule has 1 aromatic rings. The fourth-order valence-electron chi connectivity index (χ4n) is 1.74.